The molecule has 2 aromatic rings. The van der Waals surface area contributed by atoms with Crippen LogP contribution in [0.1, 0.15) is 48.2 Å². The van der Waals surface area contributed by atoms with Gasteiger partial charge in [-0.15, -0.1) is 0 Å². The Morgan fingerprint density at radius 2 is 2.05 bits per heavy atom. The molecule has 0 saturated heterocycles. The standard InChI is InChI=1S/C17H22N2O2/c1-11-7-8-15-12(9-11)10-16(21-15)17(20)19-14-6-4-2-3-5-13(14)18/h7-10,13-14H,2-6,18H2,1H3,(H,19,20). The summed E-state index contributed by atoms with van der Waals surface area (Å²) in [5.41, 5.74) is 8.05. The van der Waals surface area contributed by atoms with Crippen LogP contribution >= 0.6 is 0 Å². The van der Waals surface area contributed by atoms with Crippen LogP contribution in [0.3, 0.4) is 0 Å². The Bertz CT molecular complexity index is 647. The summed E-state index contributed by atoms with van der Waals surface area (Å²) in [6, 6.07) is 7.80. The average Bonchev–Trinajstić information content (AvgIpc) is 2.78. The van der Waals surface area contributed by atoms with Crippen molar-refractivity contribution < 1.29 is 9.21 Å². The van der Waals surface area contributed by atoms with Crippen molar-refractivity contribution in [3.63, 3.8) is 0 Å². The quantitative estimate of drug-likeness (QED) is 0.833. The number of nitrogens with two attached hydrogens (primary N) is 1. The predicted molar refractivity (Wildman–Crippen MR) is 83.3 cm³/mol. The maximum Gasteiger partial charge on any atom is 0.287 e. The lowest BCUT2D eigenvalue weighted by Crippen LogP contribution is -2.46. The normalized spacial score (nSPS) is 23.0. The zero-order valence-electron chi connectivity index (χ0n) is 12.4. The fraction of sp³-hybridized carbons (Fsp3) is 0.471. The summed E-state index contributed by atoms with van der Waals surface area (Å²) in [4.78, 5) is 12.4. The van der Waals surface area contributed by atoms with Gasteiger partial charge in [-0.1, -0.05) is 30.9 Å². The second-order valence-corrected chi connectivity index (χ2v) is 6.03. The Labute approximate surface area is 124 Å². The van der Waals surface area contributed by atoms with Crippen LogP contribution in [0.25, 0.3) is 11.0 Å². The molecule has 2 atom stereocenters. The summed E-state index contributed by atoms with van der Waals surface area (Å²) in [6.45, 7) is 2.02. The SMILES string of the molecule is Cc1ccc2oc(C(=O)NC3CCCCCC3N)cc2c1. The van der Waals surface area contributed by atoms with Gasteiger partial charge in [-0.25, -0.2) is 0 Å². The topological polar surface area (TPSA) is 68.3 Å². The minimum absolute atomic E-state index is 0.0445. The first-order chi connectivity index (χ1) is 10.1. The molecule has 4 nitrogen and oxygen atoms in total. The number of nitrogens with one attached hydrogen (secondary N) is 1. The molecule has 0 radical (unpaired) electrons. The highest BCUT2D eigenvalue weighted by Crippen LogP contribution is 2.22. The van der Waals surface area contributed by atoms with E-state index in [9.17, 15) is 4.79 Å². The Morgan fingerprint density at radius 1 is 1.24 bits per heavy atom. The molecule has 1 fully saturated rings. The van der Waals surface area contributed by atoms with Gasteiger partial charge in [0.15, 0.2) is 5.76 Å². The van der Waals surface area contributed by atoms with Gasteiger partial charge in [0, 0.05) is 17.5 Å². The van der Waals surface area contributed by atoms with E-state index in [-0.39, 0.29) is 18.0 Å². The molecule has 1 aromatic carbocycles. The monoisotopic (exact) mass is 286 g/mol. The zero-order chi connectivity index (χ0) is 14.8. The largest absolute Gasteiger partial charge is 0.451 e. The lowest BCUT2D eigenvalue weighted by molar-refractivity contribution is 0.0903. The molecule has 1 aromatic heterocycles. The van der Waals surface area contributed by atoms with Gasteiger partial charge >= 0.3 is 0 Å². The third-order valence-corrected chi connectivity index (χ3v) is 4.28. The Kier molecular flexibility index (Phi) is 3.97. The van der Waals surface area contributed by atoms with E-state index in [1.165, 1.54) is 6.42 Å². The maximum absolute atomic E-state index is 12.4. The molecule has 0 bridgehead atoms. The molecule has 1 aliphatic carbocycles. The lowest BCUT2D eigenvalue weighted by atomic mass is 10.0. The Hall–Kier alpha value is -1.81. The molecule has 0 aliphatic heterocycles. The van der Waals surface area contributed by atoms with E-state index in [0.29, 0.717) is 5.76 Å². The van der Waals surface area contributed by atoms with E-state index in [4.69, 9.17) is 10.2 Å². The van der Waals surface area contributed by atoms with Crippen molar-refractivity contribution in [3.8, 4) is 0 Å². The summed E-state index contributed by atoms with van der Waals surface area (Å²) in [5.74, 6) is 0.207. The van der Waals surface area contributed by atoms with Gasteiger partial charge in [0.05, 0.1) is 0 Å². The average molecular weight is 286 g/mol. The van der Waals surface area contributed by atoms with Crippen LogP contribution in [0.15, 0.2) is 28.7 Å². The number of hydrogen-bond donors (Lipinski definition) is 2. The number of amides is 1. The van der Waals surface area contributed by atoms with E-state index in [1.54, 1.807) is 6.07 Å². The molecular weight excluding hydrogens is 264 g/mol. The van der Waals surface area contributed by atoms with Crippen molar-refractivity contribution >= 4 is 16.9 Å². The molecular formula is C17H22N2O2. The molecule has 1 amide bonds. The summed E-state index contributed by atoms with van der Waals surface area (Å²) in [5, 5.41) is 4.01. The van der Waals surface area contributed by atoms with E-state index in [2.05, 4.69) is 5.32 Å². The van der Waals surface area contributed by atoms with Gasteiger partial charge in [-0.3, -0.25) is 4.79 Å². The van der Waals surface area contributed by atoms with Crippen LogP contribution in [0.2, 0.25) is 0 Å². The van der Waals surface area contributed by atoms with E-state index in [0.717, 1.165) is 42.2 Å². The summed E-state index contributed by atoms with van der Waals surface area (Å²) < 4.78 is 5.64. The maximum atomic E-state index is 12.4. The van der Waals surface area contributed by atoms with Gasteiger partial charge in [-0.2, -0.15) is 0 Å². The number of benzene rings is 1. The van der Waals surface area contributed by atoms with Crippen LogP contribution in [-0.4, -0.2) is 18.0 Å². The fourth-order valence-corrected chi connectivity index (χ4v) is 3.03. The van der Waals surface area contributed by atoms with Gasteiger partial charge in [0.25, 0.3) is 5.91 Å². The molecule has 1 saturated carbocycles. The smallest absolute Gasteiger partial charge is 0.287 e. The zero-order valence-corrected chi connectivity index (χ0v) is 12.4. The molecule has 21 heavy (non-hydrogen) atoms. The second kappa shape index (κ2) is 5.90. The minimum atomic E-state index is -0.161. The lowest BCUT2D eigenvalue weighted by Gasteiger charge is -2.22. The molecule has 1 heterocycles. The third kappa shape index (κ3) is 3.10. The number of carbonyl (C=O) groups is 1. The van der Waals surface area contributed by atoms with Crippen molar-refractivity contribution in [2.45, 2.75) is 51.1 Å². The summed E-state index contributed by atoms with van der Waals surface area (Å²) >= 11 is 0. The number of furan rings is 1. The van der Waals surface area contributed by atoms with Crippen molar-refractivity contribution in [1.82, 2.24) is 5.32 Å². The molecule has 2 unspecified atom stereocenters. The third-order valence-electron chi connectivity index (χ3n) is 4.28. The molecule has 3 rings (SSSR count). The van der Waals surface area contributed by atoms with Crippen molar-refractivity contribution in [1.29, 1.82) is 0 Å². The van der Waals surface area contributed by atoms with E-state index < -0.39 is 0 Å². The fourth-order valence-electron chi connectivity index (χ4n) is 3.03. The number of carbonyl (C=O) groups excluding carboxylic acids is 1. The van der Waals surface area contributed by atoms with Crippen LogP contribution in [0.5, 0.6) is 0 Å². The number of aryl methyl sites for hydroxylation is 1. The molecule has 112 valence electrons. The van der Waals surface area contributed by atoms with Gasteiger partial charge in [0.1, 0.15) is 5.58 Å². The molecule has 4 heteroatoms. The van der Waals surface area contributed by atoms with Gasteiger partial charge in [-0.05, 0) is 38.0 Å². The minimum Gasteiger partial charge on any atom is -0.451 e. The van der Waals surface area contributed by atoms with Crippen LogP contribution in [0.4, 0.5) is 0 Å². The van der Waals surface area contributed by atoms with Gasteiger partial charge in [0.2, 0.25) is 0 Å². The second-order valence-electron chi connectivity index (χ2n) is 6.03. The Morgan fingerprint density at radius 3 is 2.90 bits per heavy atom. The molecule has 3 N–H and O–H groups in total. The number of hydrogen-bond acceptors (Lipinski definition) is 3. The summed E-state index contributed by atoms with van der Waals surface area (Å²) in [6.07, 6.45) is 5.40. The number of fused-ring (bicyclic) bond motifs is 1. The predicted octanol–water partition coefficient (Wildman–Crippen LogP) is 3.13. The Balaban J connectivity index is 1.76. The number of rotatable bonds is 2. The van der Waals surface area contributed by atoms with Crippen LogP contribution in [-0.2, 0) is 0 Å². The van der Waals surface area contributed by atoms with Crippen LogP contribution in [0, 0.1) is 6.92 Å². The molecule has 0 spiro atoms. The highest BCUT2D eigenvalue weighted by atomic mass is 16.3. The molecule has 1 aliphatic rings. The van der Waals surface area contributed by atoms with Crippen molar-refractivity contribution in [2.24, 2.45) is 5.73 Å². The van der Waals surface area contributed by atoms with Crippen molar-refractivity contribution in [2.75, 3.05) is 0 Å². The van der Waals surface area contributed by atoms with Gasteiger partial charge < -0.3 is 15.5 Å². The van der Waals surface area contributed by atoms with Crippen LogP contribution < -0.4 is 11.1 Å². The highest BCUT2D eigenvalue weighted by Gasteiger charge is 2.23. The van der Waals surface area contributed by atoms with Crippen molar-refractivity contribution in [3.05, 3.63) is 35.6 Å². The first-order valence-corrected chi connectivity index (χ1v) is 7.70. The summed E-state index contributed by atoms with van der Waals surface area (Å²) in [7, 11) is 0. The highest BCUT2D eigenvalue weighted by molar-refractivity contribution is 5.96. The van der Waals surface area contributed by atoms with E-state index >= 15 is 0 Å². The van der Waals surface area contributed by atoms with E-state index in [1.807, 2.05) is 25.1 Å². The first kappa shape index (κ1) is 14.1. The first-order valence-electron chi connectivity index (χ1n) is 7.70.